The van der Waals surface area contributed by atoms with Crippen molar-refractivity contribution in [3.8, 4) is 32.8 Å². The van der Waals surface area contributed by atoms with E-state index < -0.39 is 20.2 Å². The molecule has 0 amide bonds. The van der Waals surface area contributed by atoms with Crippen molar-refractivity contribution in [2.75, 3.05) is 13.4 Å². The van der Waals surface area contributed by atoms with Gasteiger partial charge in [-0.3, -0.25) is 4.98 Å². The quantitative estimate of drug-likeness (QED) is 0.101. The predicted octanol–water partition coefficient (Wildman–Crippen LogP) is 7.78. The Labute approximate surface area is 254 Å². The second-order valence-electron chi connectivity index (χ2n) is 11.1. The molecule has 2 aromatic heterocycles. The molecule has 42 heavy (non-hydrogen) atoms. The molecule has 0 unspecified atom stereocenters. The number of fused-ring (bicyclic) bond motifs is 1. The van der Waals surface area contributed by atoms with E-state index in [4.69, 9.17) is 9.32 Å². The maximum atomic E-state index is 12.7. The SMILES string of the molecule is COOSc1ccc(-c2nc(C(C)(C)O)sc2-c2cccc(-c3cc(C(C)(C)S(C)(=O)=O)cc4cccnc34)c2)cc1. The maximum absolute atomic E-state index is 12.7. The lowest BCUT2D eigenvalue weighted by Gasteiger charge is -2.24. The van der Waals surface area contributed by atoms with Crippen LogP contribution in [0.1, 0.15) is 38.3 Å². The largest absolute Gasteiger partial charge is 0.383 e. The first-order valence-corrected chi connectivity index (χ1v) is 16.7. The second-order valence-corrected chi connectivity index (χ2v) is 15.4. The van der Waals surface area contributed by atoms with Gasteiger partial charge < -0.3 is 5.11 Å². The van der Waals surface area contributed by atoms with Gasteiger partial charge >= 0.3 is 0 Å². The van der Waals surface area contributed by atoms with Gasteiger partial charge in [-0.2, -0.15) is 4.33 Å². The molecule has 3 aromatic carbocycles. The summed E-state index contributed by atoms with van der Waals surface area (Å²) in [5, 5.41) is 12.3. The van der Waals surface area contributed by atoms with Crippen LogP contribution < -0.4 is 0 Å². The van der Waals surface area contributed by atoms with Crippen LogP contribution in [0.4, 0.5) is 0 Å². The maximum Gasteiger partial charge on any atom is 0.156 e. The number of nitrogens with zero attached hydrogens (tertiary/aromatic N) is 2. The molecular weight excluding hydrogens is 589 g/mol. The van der Waals surface area contributed by atoms with Gasteiger partial charge in [-0.1, -0.05) is 36.4 Å². The Morgan fingerprint density at radius 1 is 0.905 bits per heavy atom. The fourth-order valence-corrected chi connectivity index (χ4v) is 6.54. The Hall–Kier alpha value is -3.12. The Kier molecular flexibility index (Phi) is 8.32. The normalized spacial score (nSPS) is 12.6. The molecule has 1 N–H and O–H groups in total. The molecule has 0 aliphatic carbocycles. The summed E-state index contributed by atoms with van der Waals surface area (Å²) in [5.74, 6) is 0. The average Bonchev–Trinajstić information content (AvgIpc) is 3.42. The number of hydrogen-bond donors (Lipinski definition) is 1. The van der Waals surface area contributed by atoms with Crippen LogP contribution in [0.25, 0.3) is 43.7 Å². The zero-order chi connectivity index (χ0) is 30.3. The third-order valence-electron chi connectivity index (χ3n) is 7.24. The summed E-state index contributed by atoms with van der Waals surface area (Å²) in [4.78, 5) is 16.0. The summed E-state index contributed by atoms with van der Waals surface area (Å²) in [7, 11) is -1.94. The fourth-order valence-electron chi connectivity index (χ4n) is 4.52. The molecule has 0 bridgehead atoms. The lowest BCUT2D eigenvalue weighted by Crippen LogP contribution is -2.28. The molecule has 2 heterocycles. The van der Waals surface area contributed by atoms with Crippen LogP contribution in [0, 0.1) is 0 Å². The molecule has 0 aliphatic rings. The molecule has 5 aromatic rings. The summed E-state index contributed by atoms with van der Waals surface area (Å²) in [6, 6.07) is 23.5. The monoisotopic (exact) mass is 620 g/mol. The first kappa shape index (κ1) is 30.3. The minimum atomic E-state index is -3.40. The van der Waals surface area contributed by atoms with E-state index in [1.807, 2.05) is 66.7 Å². The van der Waals surface area contributed by atoms with Crippen molar-refractivity contribution in [2.24, 2.45) is 0 Å². The Bertz CT molecular complexity index is 1860. The van der Waals surface area contributed by atoms with Crippen LogP contribution >= 0.6 is 23.4 Å². The van der Waals surface area contributed by atoms with Gasteiger partial charge in [0.2, 0.25) is 0 Å². The number of rotatable bonds is 9. The smallest absolute Gasteiger partial charge is 0.156 e. The lowest BCUT2D eigenvalue weighted by atomic mass is 9.92. The van der Waals surface area contributed by atoms with E-state index >= 15 is 0 Å². The Morgan fingerprint density at radius 3 is 2.29 bits per heavy atom. The van der Waals surface area contributed by atoms with Crippen LogP contribution in [-0.2, 0) is 29.4 Å². The molecule has 10 heteroatoms. The molecule has 0 saturated carbocycles. The van der Waals surface area contributed by atoms with E-state index in [0.717, 1.165) is 60.7 Å². The van der Waals surface area contributed by atoms with Crippen molar-refractivity contribution >= 4 is 44.1 Å². The van der Waals surface area contributed by atoms with Gasteiger partial charge in [0, 0.05) is 33.9 Å². The zero-order valence-electron chi connectivity index (χ0n) is 24.2. The summed E-state index contributed by atoms with van der Waals surface area (Å²) in [6.45, 7) is 6.91. The second kappa shape index (κ2) is 11.5. The van der Waals surface area contributed by atoms with Crippen molar-refractivity contribution in [1.29, 1.82) is 0 Å². The fraction of sp³-hybridized carbons (Fsp3) is 0.250. The first-order chi connectivity index (χ1) is 19.8. The minimum Gasteiger partial charge on any atom is -0.383 e. The Morgan fingerprint density at radius 2 is 1.62 bits per heavy atom. The van der Waals surface area contributed by atoms with Gasteiger partial charge in [0.1, 0.15) is 10.6 Å². The number of benzene rings is 3. The standard InChI is InChI=1S/C32H32N2O5S3/c1-31(2,35)30-34-28(20-12-14-25(15-13-20)41-39-38-5)29(40-30)23-10-7-9-21(17-23)26-19-24(32(3,4)42(6,36)37)18-22-11-8-16-33-27(22)26/h7-19,35H,1-6H3. The van der Waals surface area contributed by atoms with E-state index in [1.165, 1.54) is 24.7 Å². The molecule has 0 saturated heterocycles. The first-order valence-electron chi connectivity index (χ1n) is 13.2. The molecule has 0 atom stereocenters. The highest BCUT2D eigenvalue weighted by atomic mass is 32.2. The lowest BCUT2D eigenvalue weighted by molar-refractivity contribution is -0.160. The molecular formula is C32H32N2O5S3. The number of sulfone groups is 1. The third kappa shape index (κ3) is 6.01. The summed E-state index contributed by atoms with van der Waals surface area (Å²) in [6.07, 6.45) is 3.01. The molecule has 0 radical (unpaired) electrons. The minimum absolute atomic E-state index is 0.600. The summed E-state index contributed by atoms with van der Waals surface area (Å²) >= 11 is 2.56. The van der Waals surface area contributed by atoms with E-state index in [9.17, 15) is 13.5 Å². The Balaban J connectivity index is 1.67. The average molecular weight is 621 g/mol. The molecule has 0 fully saturated rings. The number of hydrogen-bond acceptors (Lipinski definition) is 9. The van der Waals surface area contributed by atoms with Gasteiger partial charge in [-0.25, -0.2) is 18.3 Å². The third-order valence-corrected chi connectivity index (χ3v) is 11.4. The predicted molar refractivity (Wildman–Crippen MR) is 171 cm³/mol. The van der Waals surface area contributed by atoms with Gasteiger partial charge in [0.25, 0.3) is 0 Å². The zero-order valence-corrected chi connectivity index (χ0v) is 26.7. The number of thiazole rings is 1. The van der Waals surface area contributed by atoms with Gasteiger partial charge in [-0.05, 0) is 80.8 Å². The number of aromatic nitrogens is 2. The van der Waals surface area contributed by atoms with Crippen LogP contribution in [-0.4, -0.2) is 36.9 Å². The van der Waals surface area contributed by atoms with Crippen LogP contribution in [0.3, 0.4) is 0 Å². The van der Waals surface area contributed by atoms with Crippen molar-refractivity contribution < 1.29 is 22.7 Å². The van der Waals surface area contributed by atoms with E-state index in [2.05, 4.69) is 15.9 Å². The summed E-state index contributed by atoms with van der Waals surface area (Å²) in [5.41, 5.74) is 4.68. The highest BCUT2D eigenvalue weighted by Gasteiger charge is 2.33. The van der Waals surface area contributed by atoms with Gasteiger partial charge in [0.05, 0.1) is 40.0 Å². The highest BCUT2D eigenvalue weighted by molar-refractivity contribution is 7.94. The van der Waals surface area contributed by atoms with Crippen LogP contribution in [0.5, 0.6) is 0 Å². The highest BCUT2D eigenvalue weighted by Crippen LogP contribution is 2.43. The topological polar surface area (TPSA) is 98.6 Å². The van der Waals surface area contributed by atoms with E-state index in [1.54, 1.807) is 33.9 Å². The van der Waals surface area contributed by atoms with Gasteiger partial charge in [0.15, 0.2) is 9.84 Å². The molecule has 218 valence electrons. The van der Waals surface area contributed by atoms with Crippen molar-refractivity contribution in [3.63, 3.8) is 0 Å². The molecule has 0 aliphatic heterocycles. The number of pyridine rings is 1. The molecule has 7 nitrogen and oxygen atoms in total. The van der Waals surface area contributed by atoms with Crippen LogP contribution in [0.15, 0.2) is 83.9 Å². The van der Waals surface area contributed by atoms with Crippen molar-refractivity contribution in [2.45, 2.75) is 42.9 Å². The summed E-state index contributed by atoms with van der Waals surface area (Å²) < 4.78 is 29.4. The van der Waals surface area contributed by atoms with Gasteiger partial charge in [-0.15, -0.1) is 11.3 Å². The van der Waals surface area contributed by atoms with Crippen LogP contribution in [0.2, 0.25) is 0 Å². The van der Waals surface area contributed by atoms with E-state index in [0.29, 0.717) is 10.6 Å². The number of aliphatic hydroxyl groups is 1. The van der Waals surface area contributed by atoms with E-state index in [-0.39, 0.29) is 0 Å². The molecule has 5 rings (SSSR count). The molecule has 0 spiro atoms. The van der Waals surface area contributed by atoms with Crippen molar-refractivity contribution in [3.05, 3.63) is 89.6 Å². The van der Waals surface area contributed by atoms with Crippen molar-refractivity contribution in [1.82, 2.24) is 9.97 Å².